The Kier molecular flexibility index (Phi) is 9.31. The molecule has 0 aliphatic heterocycles. The van der Waals surface area contributed by atoms with Crippen LogP contribution in [-0.4, -0.2) is 56.9 Å². The summed E-state index contributed by atoms with van der Waals surface area (Å²) in [6, 6.07) is 15.8. The average Bonchev–Trinajstić information content (AvgIpc) is 2.72. The Morgan fingerprint density at radius 3 is 2.48 bits per heavy atom. The molecule has 2 N–H and O–H groups in total. The molecule has 0 aromatic heterocycles. The molecule has 7 heteroatoms. The number of aryl methyl sites for hydroxylation is 2. The van der Waals surface area contributed by atoms with E-state index in [2.05, 4.69) is 43.4 Å². The van der Waals surface area contributed by atoms with Crippen LogP contribution in [0.3, 0.4) is 0 Å². The van der Waals surface area contributed by atoms with E-state index in [1.807, 2.05) is 31.9 Å². The number of hydrogen-bond donors (Lipinski definition) is 2. The molecule has 2 aromatic carbocycles. The highest BCUT2D eigenvalue weighted by atomic mass is 32.2. The second-order valence-electron chi connectivity index (χ2n) is 9.01. The molecular weight excluding hydrogens is 407 g/mol. The lowest BCUT2D eigenvalue weighted by molar-refractivity contribution is 0.138. The van der Waals surface area contributed by atoms with Crippen LogP contribution < -0.4 is 10.8 Å². The van der Waals surface area contributed by atoms with E-state index in [0.29, 0.717) is 18.7 Å². The number of benzene rings is 2. The van der Waals surface area contributed by atoms with E-state index < -0.39 is 16.1 Å². The van der Waals surface area contributed by atoms with Crippen LogP contribution in [0.1, 0.15) is 37.8 Å². The van der Waals surface area contributed by atoms with Crippen LogP contribution in [0, 0.1) is 6.92 Å². The molecule has 0 heterocycles. The van der Waals surface area contributed by atoms with Crippen LogP contribution in [0.25, 0.3) is 0 Å². The van der Waals surface area contributed by atoms with Gasteiger partial charge in [-0.2, -0.15) is 4.31 Å². The molecular formula is C24H37BN2O3S. The van der Waals surface area contributed by atoms with E-state index in [4.69, 9.17) is 0 Å². The molecule has 2 rings (SSSR count). The summed E-state index contributed by atoms with van der Waals surface area (Å²) in [5.41, 5.74) is 3.03. The third-order valence-electron chi connectivity index (χ3n) is 5.68. The van der Waals surface area contributed by atoms with Crippen molar-refractivity contribution in [2.45, 2.75) is 63.4 Å². The molecule has 0 saturated heterocycles. The van der Waals surface area contributed by atoms with Gasteiger partial charge in [0.15, 0.2) is 7.28 Å². The Morgan fingerprint density at radius 2 is 1.84 bits per heavy atom. The number of rotatable bonds is 12. The van der Waals surface area contributed by atoms with Crippen molar-refractivity contribution in [3.8, 4) is 0 Å². The predicted octanol–water partition coefficient (Wildman–Crippen LogP) is 2.48. The van der Waals surface area contributed by atoms with Crippen molar-refractivity contribution in [3.05, 3.63) is 59.7 Å². The van der Waals surface area contributed by atoms with Gasteiger partial charge in [0.05, 0.1) is 11.0 Å². The fourth-order valence-electron chi connectivity index (χ4n) is 3.73. The highest BCUT2D eigenvalue weighted by Crippen LogP contribution is 2.16. The maximum absolute atomic E-state index is 13.0. The van der Waals surface area contributed by atoms with Gasteiger partial charge in [-0.15, -0.1) is 0 Å². The molecule has 170 valence electrons. The molecule has 0 amide bonds. The third-order valence-corrected chi connectivity index (χ3v) is 7.60. The van der Waals surface area contributed by atoms with Gasteiger partial charge in [0.25, 0.3) is 0 Å². The van der Waals surface area contributed by atoms with Crippen LogP contribution in [0.4, 0.5) is 0 Å². The summed E-state index contributed by atoms with van der Waals surface area (Å²) in [7, 11) is -1.47. The summed E-state index contributed by atoms with van der Waals surface area (Å²) >= 11 is 0. The first-order valence-electron chi connectivity index (χ1n) is 11.1. The van der Waals surface area contributed by atoms with Crippen LogP contribution >= 0.6 is 0 Å². The summed E-state index contributed by atoms with van der Waals surface area (Å²) in [4.78, 5) is 0.324. The van der Waals surface area contributed by atoms with Gasteiger partial charge in [-0.25, -0.2) is 8.42 Å². The largest absolute Gasteiger partial charge is 0.390 e. The fraction of sp³-hybridized carbons (Fsp3) is 0.500. The van der Waals surface area contributed by atoms with Gasteiger partial charge < -0.3 is 10.4 Å². The lowest BCUT2D eigenvalue weighted by Gasteiger charge is -2.29. The molecule has 5 nitrogen and oxygen atoms in total. The van der Waals surface area contributed by atoms with Crippen molar-refractivity contribution in [2.75, 3.05) is 20.1 Å². The van der Waals surface area contributed by atoms with Crippen LogP contribution in [0.5, 0.6) is 0 Å². The number of aliphatic hydroxyl groups is 1. The minimum atomic E-state index is -3.65. The second kappa shape index (κ2) is 11.3. The van der Waals surface area contributed by atoms with Crippen molar-refractivity contribution in [2.24, 2.45) is 0 Å². The Balaban J connectivity index is 1.87. The maximum atomic E-state index is 13.0. The van der Waals surface area contributed by atoms with Crippen LogP contribution in [0.15, 0.2) is 53.4 Å². The minimum Gasteiger partial charge on any atom is -0.390 e. The quantitative estimate of drug-likeness (QED) is 0.494. The number of likely N-dealkylation sites (N-methyl/N-ethyl adjacent to an activating group) is 1. The average molecular weight is 444 g/mol. The first-order chi connectivity index (χ1) is 14.5. The highest BCUT2D eigenvalue weighted by Gasteiger charge is 2.26. The van der Waals surface area contributed by atoms with Crippen molar-refractivity contribution in [1.82, 2.24) is 9.62 Å². The molecule has 0 fully saturated rings. The van der Waals surface area contributed by atoms with E-state index in [1.165, 1.54) is 16.9 Å². The van der Waals surface area contributed by atoms with Crippen LogP contribution in [0.2, 0.25) is 6.82 Å². The molecule has 0 aliphatic carbocycles. The monoisotopic (exact) mass is 444 g/mol. The molecule has 31 heavy (non-hydrogen) atoms. The molecule has 0 saturated carbocycles. The first-order valence-corrected chi connectivity index (χ1v) is 12.5. The summed E-state index contributed by atoms with van der Waals surface area (Å²) in [6.07, 6.45) is 2.24. The molecule has 0 radical (unpaired) electrons. The number of aliphatic hydroxyl groups excluding tert-OH is 1. The number of nitrogens with zero attached hydrogens (tertiary/aromatic N) is 1. The van der Waals surface area contributed by atoms with Gasteiger partial charge in [0.2, 0.25) is 10.0 Å². The summed E-state index contributed by atoms with van der Waals surface area (Å²) in [5.74, 6) is 0. The van der Waals surface area contributed by atoms with E-state index in [0.717, 1.165) is 30.3 Å². The van der Waals surface area contributed by atoms with E-state index in [1.54, 1.807) is 6.07 Å². The molecule has 0 bridgehead atoms. The van der Waals surface area contributed by atoms with Crippen molar-refractivity contribution < 1.29 is 13.5 Å². The summed E-state index contributed by atoms with van der Waals surface area (Å²) in [6.45, 7) is 8.53. The van der Waals surface area contributed by atoms with Crippen molar-refractivity contribution in [3.63, 3.8) is 0 Å². The van der Waals surface area contributed by atoms with Crippen LogP contribution in [-0.2, 0) is 16.4 Å². The molecule has 0 unspecified atom stereocenters. The van der Waals surface area contributed by atoms with Gasteiger partial charge in [0, 0.05) is 25.7 Å². The summed E-state index contributed by atoms with van der Waals surface area (Å²) in [5, 5.41) is 13.9. The van der Waals surface area contributed by atoms with E-state index in [-0.39, 0.29) is 12.1 Å². The van der Waals surface area contributed by atoms with Gasteiger partial charge in [-0.1, -0.05) is 60.3 Å². The number of nitrogens with one attached hydrogen (secondary N) is 1. The third kappa shape index (κ3) is 7.76. The predicted molar refractivity (Wildman–Crippen MR) is 131 cm³/mol. The topological polar surface area (TPSA) is 69.6 Å². The lowest BCUT2D eigenvalue weighted by atomic mass is 9.73. The molecule has 0 spiro atoms. The Hall–Kier alpha value is -1.67. The normalized spacial score (nSPS) is 13.4. The van der Waals surface area contributed by atoms with Gasteiger partial charge in [-0.05, 0) is 51.7 Å². The lowest BCUT2D eigenvalue weighted by Crippen LogP contribution is -2.47. The van der Waals surface area contributed by atoms with Gasteiger partial charge >= 0.3 is 0 Å². The van der Waals surface area contributed by atoms with Gasteiger partial charge in [-0.3, -0.25) is 0 Å². The smallest absolute Gasteiger partial charge is 0.242 e. The standard InChI is InChI=1S/C24H37BN2O3S/c1-19-13-14-23(22(16-19)25-4)31(29,30)27(5)18-21(28)17-26-24(2,3)15-9-12-20-10-7-6-8-11-20/h6-8,10-11,13-14,16,21,25-26,28H,9,12,15,17-18H2,1-5H3/t21-/m1/s1. The molecule has 0 aliphatic rings. The Labute approximate surface area is 189 Å². The zero-order valence-electron chi connectivity index (χ0n) is 19.6. The second-order valence-corrected chi connectivity index (χ2v) is 11.0. The minimum absolute atomic E-state index is 0.0481. The SMILES string of the molecule is CBc1cc(C)ccc1S(=O)(=O)N(C)C[C@H](O)CNC(C)(C)CCCc1ccccc1. The molecule has 1 atom stereocenters. The highest BCUT2D eigenvalue weighted by molar-refractivity contribution is 7.89. The number of β-amino-alcohol motifs (C(OH)–C–C–N with tert-alkyl or cyclic N) is 1. The van der Waals surface area contributed by atoms with E-state index >= 15 is 0 Å². The number of hydrogen-bond acceptors (Lipinski definition) is 4. The first kappa shape index (κ1) is 25.6. The summed E-state index contributed by atoms with van der Waals surface area (Å²) < 4.78 is 27.3. The Bertz CT molecular complexity index is 933. The van der Waals surface area contributed by atoms with E-state index in [9.17, 15) is 13.5 Å². The van der Waals surface area contributed by atoms with Crippen molar-refractivity contribution >= 4 is 22.8 Å². The zero-order valence-corrected chi connectivity index (χ0v) is 20.4. The van der Waals surface area contributed by atoms with Gasteiger partial charge in [0.1, 0.15) is 0 Å². The van der Waals surface area contributed by atoms with Crippen molar-refractivity contribution in [1.29, 1.82) is 0 Å². The zero-order chi connectivity index (χ0) is 23.1. The Morgan fingerprint density at radius 1 is 1.16 bits per heavy atom. The molecule has 2 aromatic rings. The fourth-order valence-corrected chi connectivity index (χ4v) is 5.20. The number of sulfonamides is 1. The maximum Gasteiger partial charge on any atom is 0.242 e.